The lowest BCUT2D eigenvalue weighted by Crippen LogP contribution is -2.32. The minimum atomic E-state index is -0.234. The molecule has 1 amide bonds. The molecular formula is C21H27N3O5. The highest BCUT2D eigenvalue weighted by Gasteiger charge is 2.21. The van der Waals surface area contributed by atoms with E-state index in [-0.39, 0.29) is 24.8 Å². The van der Waals surface area contributed by atoms with E-state index in [2.05, 4.69) is 29.0 Å². The number of fused-ring (bicyclic) bond motifs is 1. The minimum Gasteiger partial charge on any atom is -0.454 e. The van der Waals surface area contributed by atoms with Gasteiger partial charge >= 0.3 is 0 Å². The lowest BCUT2D eigenvalue weighted by atomic mass is 10.1. The van der Waals surface area contributed by atoms with Gasteiger partial charge in [-0.15, -0.1) is 0 Å². The molecule has 8 nitrogen and oxygen atoms in total. The highest BCUT2D eigenvalue weighted by atomic mass is 16.7. The van der Waals surface area contributed by atoms with Crippen LogP contribution in [-0.4, -0.2) is 47.9 Å². The first kappa shape index (κ1) is 19.7. The van der Waals surface area contributed by atoms with Crippen LogP contribution in [0.15, 0.2) is 28.9 Å². The molecule has 2 aliphatic rings. The van der Waals surface area contributed by atoms with Crippen molar-refractivity contribution in [3.05, 3.63) is 41.6 Å². The number of nitrogens with one attached hydrogen (secondary N) is 1. The Kier molecular flexibility index (Phi) is 6.01. The van der Waals surface area contributed by atoms with Gasteiger partial charge in [0.05, 0.1) is 12.6 Å². The molecule has 2 aliphatic heterocycles. The van der Waals surface area contributed by atoms with Crippen molar-refractivity contribution in [3.8, 4) is 11.5 Å². The van der Waals surface area contributed by atoms with E-state index < -0.39 is 0 Å². The topological polar surface area (TPSA) is 86.1 Å². The molecule has 156 valence electrons. The van der Waals surface area contributed by atoms with Crippen LogP contribution in [0.1, 0.15) is 48.6 Å². The summed E-state index contributed by atoms with van der Waals surface area (Å²) in [5.74, 6) is 1.83. The van der Waals surface area contributed by atoms with E-state index in [4.69, 9.17) is 18.6 Å². The lowest BCUT2D eigenvalue weighted by Gasteiger charge is -2.25. The van der Waals surface area contributed by atoms with Crippen molar-refractivity contribution >= 4 is 5.91 Å². The Labute approximate surface area is 170 Å². The third kappa shape index (κ3) is 4.89. The number of nitrogens with zero attached hydrogens (tertiary/aromatic N) is 2. The zero-order valence-corrected chi connectivity index (χ0v) is 16.8. The standard InChI is InChI=1S/C21H27N3O5/c1-14(2)24(10-15-5-6-18-19(8-15)29-13-28-18)11-20-23-17(12-27-20)21(25)22-9-16-4-3-7-26-16/h5-6,8,12,14,16H,3-4,7,9-11,13H2,1-2H3,(H,22,25). The van der Waals surface area contributed by atoms with Gasteiger partial charge in [-0.2, -0.15) is 0 Å². The quantitative estimate of drug-likeness (QED) is 0.728. The second-order valence-electron chi connectivity index (χ2n) is 7.66. The van der Waals surface area contributed by atoms with Gasteiger partial charge in [-0.25, -0.2) is 4.98 Å². The van der Waals surface area contributed by atoms with Gasteiger partial charge in [0.25, 0.3) is 5.91 Å². The highest BCUT2D eigenvalue weighted by molar-refractivity contribution is 5.91. The Morgan fingerprint density at radius 2 is 2.14 bits per heavy atom. The number of aromatic nitrogens is 1. The van der Waals surface area contributed by atoms with Gasteiger partial charge in [0.15, 0.2) is 17.2 Å². The Balaban J connectivity index is 1.35. The predicted octanol–water partition coefficient (Wildman–Crippen LogP) is 2.72. The first-order valence-electron chi connectivity index (χ1n) is 10.1. The van der Waals surface area contributed by atoms with Crippen LogP contribution in [-0.2, 0) is 17.8 Å². The highest BCUT2D eigenvalue weighted by Crippen LogP contribution is 2.33. The molecule has 0 radical (unpaired) electrons. The maximum atomic E-state index is 12.3. The van der Waals surface area contributed by atoms with Crippen LogP contribution in [0.2, 0.25) is 0 Å². The van der Waals surface area contributed by atoms with Gasteiger partial charge in [-0.1, -0.05) is 6.07 Å². The van der Waals surface area contributed by atoms with E-state index in [0.717, 1.165) is 36.5 Å². The van der Waals surface area contributed by atoms with Gasteiger partial charge in [0, 0.05) is 25.7 Å². The molecule has 0 aliphatic carbocycles. The zero-order chi connectivity index (χ0) is 20.2. The summed E-state index contributed by atoms with van der Waals surface area (Å²) in [4.78, 5) is 18.9. The Hall–Kier alpha value is -2.58. The van der Waals surface area contributed by atoms with Crippen LogP contribution in [0.5, 0.6) is 11.5 Å². The van der Waals surface area contributed by atoms with Crippen molar-refractivity contribution in [2.75, 3.05) is 19.9 Å². The Morgan fingerprint density at radius 3 is 2.93 bits per heavy atom. The Morgan fingerprint density at radius 1 is 1.28 bits per heavy atom. The van der Waals surface area contributed by atoms with Crippen molar-refractivity contribution in [2.24, 2.45) is 0 Å². The number of hydrogen-bond donors (Lipinski definition) is 1. The normalized spacial score (nSPS) is 18.0. The van der Waals surface area contributed by atoms with Gasteiger partial charge in [-0.3, -0.25) is 9.69 Å². The number of hydrogen-bond acceptors (Lipinski definition) is 7. The van der Waals surface area contributed by atoms with Crippen molar-refractivity contribution < 1.29 is 23.4 Å². The van der Waals surface area contributed by atoms with E-state index in [1.807, 2.05) is 18.2 Å². The predicted molar refractivity (Wildman–Crippen MR) is 105 cm³/mol. The molecule has 29 heavy (non-hydrogen) atoms. The van der Waals surface area contributed by atoms with E-state index >= 15 is 0 Å². The lowest BCUT2D eigenvalue weighted by molar-refractivity contribution is 0.0853. The van der Waals surface area contributed by atoms with Crippen LogP contribution in [0, 0.1) is 0 Å². The van der Waals surface area contributed by atoms with Crippen molar-refractivity contribution in [2.45, 2.75) is 51.9 Å². The summed E-state index contributed by atoms with van der Waals surface area (Å²) in [6.45, 7) is 6.98. The maximum absolute atomic E-state index is 12.3. The number of amides is 1. The van der Waals surface area contributed by atoms with Gasteiger partial charge in [0.2, 0.25) is 12.7 Å². The molecule has 1 atom stereocenters. The summed E-state index contributed by atoms with van der Waals surface area (Å²) in [7, 11) is 0. The summed E-state index contributed by atoms with van der Waals surface area (Å²) in [6, 6.07) is 6.22. The van der Waals surface area contributed by atoms with Gasteiger partial charge in [-0.05, 0) is 44.4 Å². The molecule has 8 heteroatoms. The van der Waals surface area contributed by atoms with Crippen molar-refractivity contribution in [1.29, 1.82) is 0 Å². The number of carbonyl (C=O) groups is 1. The average Bonchev–Trinajstić information content (AvgIpc) is 3.46. The fraction of sp³-hybridized carbons (Fsp3) is 0.524. The molecule has 1 fully saturated rings. The minimum absolute atomic E-state index is 0.100. The van der Waals surface area contributed by atoms with Crippen LogP contribution >= 0.6 is 0 Å². The van der Waals surface area contributed by atoms with Crippen LogP contribution in [0.25, 0.3) is 0 Å². The molecule has 0 bridgehead atoms. The van der Waals surface area contributed by atoms with Crippen molar-refractivity contribution in [3.63, 3.8) is 0 Å². The summed E-state index contributed by atoms with van der Waals surface area (Å²) >= 11 is 0. The smallest absolute Gasteiger partial charge is 0.273 e. The van der Waals surface area contributed by atoms with Gasteiger partial charge < -0.3 is 23.9 Å². The molecule has 1 aromatic heterocycles. The monoisotopic (exact) mass is 401 g/mol. The third-order valence-corrected chi connectivity index (χ3v) is 5.19. The molecule has 3 heterocycles. The largest absolute Gasteiger partial charge is 0.454 e. The Bertz CT molecular complexity index is 845. The van der Waals surface area contributed by atoms with E-state index in [1.54, 1.807) is 0 Å². The second kappa shape index (κ2) is 8.84. The SMILES string of the molecule is CC(C)N(Cc1ccc2c(c1)OCO2)Cc1nc(C(=O)NCC2CCCO2)co1. The first-order valence-corrected chi connectivity index (χ1v) is 10.1. The fourth-order valence-corrected chi connectivity index (χ4v) is 3.46. The first-order chi connectivity index (χ1) is 14.1. The second-order valence-corrected chi connectivity index (χ2v) is 7.66. The summed E-state index contributed by atoms with van der Waals surface area (Å²) < 4.78 is 21.9. The maximum Gasteiger partial charge on any atom is 0.273 e. The zero-order valence-electron chi connectivity index (χ0n) is 16.8. The van der Waals surface area contributed by atoms with E-state index in [1.165, 1.54) is 6.26 Å². The molecule has 0 spiro atoms. The molecule has 2 aromatic rings. The third-order valence-electron chi connectivity index (χ3n) is 5.19. The summed E-state index contributed by atoms with van der Waals surface area (Å²) in [5.41, 5.74) is 1.41. The summed E-state index contributed by atoms with van der Waals surface area (Å²) in [5, 5.41) is 2.87. The average molecular weight is 401 g/mol. The number of ether oxygens (including phenoxy) is 3. The molecule has 1 unspecified atom stereocenters. The van der Waals surface area contributed by atoms with Gasteiger partial charge in [0.1, 0.15) is 6.26 Å². The summed E-state index contributed by atoms with van der Waals surface area (Å²) in [6.07, 6.45) is 3.54. The van der Waals surface area contributed by atoms with Crippen LogP contribution in [0.4, 0.5) is 0 Å². The molecule has 4 rings (SSSR count). The molecule has 1 N–H and O–H groups in total. The molecule has 1 aromatic carbocycles. The van der Waals surface area contributed by atoms with E-state index in [9.17, 15) is 4.79 Å². The number of carbonyl (C=O) groups excluding carboxylic acids is 1. The van der Waals surface area contributed by atoms with Crippen LogP contribution in [0.3, 0.4) is 0 Å². The number of oxazole rings is 1. The number of benzene rings is 1. The van der Waals surface area contributed by atoms with Crippen LogP contribution < -0.4 is 14.8 Å². The number of rotatable bonds is 8. The molecular weight excluding hydrogens is 374 g/mol. The molecule has 1 saturated heterocycles. The van der Waals surface area contributed by atoms with E-state index in [0.29, 0.717) is 31.2 Å². The van der Waals surface area contributed by atoms with Crippen molar-refractivity contribution in [1.82, 2.24) is 15.2 Å². The fourth-order valence-electron chi connectivity index (χ4n) is 3.46. The molecule has 0 saturated carbocycles.